The highest BCUT2D eigenvalue weighted by Gasteiger charge is 2.09. The molecular formula is C19H37NO2. The van der Waals surface area contributed by atoms with Crippen LogP contribution in [0.5, 0.6) is 0 Å². The Morgan fingerprint density at radius 1 is 1.05 bits per heavy atom. The maximum Gasteiger partial charge on any atom is 0.330 e. The summed E-state index contributed by atoms with van der Waals surface area (Å²) in [6.07, 6.45) is 14.3. The number of carbonyl (C=O) groups excluding carboxylic acids is 1. The molecule has 0 rings (SSSR count). The number of esters is 1. The highest BCUT2D eigenvalue weighted by Crippen LogP contribution is 2.15. The van der Waals surface area contributed by atoms with Gasteiger partial charge < -0.3 is 10.1 Å². The zero-order chi connectivity index (χ0) is 16.5. The Balaban J connectivity index is 3.66. The normalized spacial score (nSPS) is 12.1. The number of hydrogen-bond donors (Lipinski definition) is 1. The Hall–Kier alpha value is -0.830. The van der Waals surface area contributed by atoms with Crippen LogP contribution >= 0.6 is 0 Å². The lowest BCUT2D eigenvalue weighted by Gasteiger charge is -2.17. The smallest absolute Gasteiger partial charge is 0.330 e. The summed E-state index contributed by atoms with van der Waals surface area (Å²) in [4.78, 5) is 11.1. The monoisotopic (exact) mass is 311 g/mol. The molecule has 0 radical (unpaired) electrons. The summed E-state index contributed by atoms with van der Waals surface area (Å²) in [6.45, 7) is 10.3. The van der Waals surface area contributed by atoms with Crippen molar-refractivity contribution in [2.75, 3.05) is 19.7 Å². The molecule has 0 aliphatic heterocycles. The van der Waals surface area contributed by atoms with Gasteiger partial charge in [0, 0.05) is 6.08 Å². The minimum Gasteiger partial charge on any atom is -0.463 e. The standard InChI is InChI=1S/C19H37NO2/c1-4-7-8-9-10-11-12-13-14-18(17-20-6-3)15-16-22-19(21)5-2/h5,18,20H,2,4,6-17H2,1,3H3. The molecule has 130 valence electrons. The molecule has 0 amide bonds. The van der Waals surface area contributed by atoms with Gasteiger partial charge in [0.05, 0.1) is 6.61 Å². The minimum absolute atomic E-state index is 0.311. The van der Waals surface area contributed by atoms with E-state index in [1.165, 1.54) is 63.9 Å². The van der Waals surface area contributed by atoms with Gasteiger partial charge in [0.25, 0.3) is 0 Å². The Kier molecular flexibility index (Phi) is 15.9. The van der Waals surface area contributed by atoms with E-state index in [9.17, 15) is 4.79 Å². The SMILES string of the molecule is C=CC(=O)OCCC(CCCCCCCCCC)CNCC. The molecule has 0 aliphatic carbocycles. The fraction of sp³-hybridized carbons (Fsp3) is 0.842. The van der Waals surface area contributed by atoms with Crippen LogP contribution in [0, 0.1) is 5.92 Å². The highest BCUT2D eigenvalue weighted by molar-refractivity contribution is 5.81. The quantitative estimate of drug-likeness (QED) is 0.251. The van der Waals surface area contributed by atoms with Crippen LogP contribution in [0.25, 0.3) is 0 Å². The molecule has 0 aromatic heterocycles. The van der Waals surface area contributed by atoms with E-state index in [0.717, 1.165) is 19.5 Å². The number of ether oxygens (including phenoxy) is 1. The van der Waals surface area contributed by atoms with Crippen LogP contribution in [0.2, 0.25) is 0 Å². The third kappa shape index (κ3) is 14.1. The van der Waals surface area contributed by atoms with Gasteiger partial charge in [-0.2, -0.15) is 0 Å². The molecule has 0 aromatic rings. The van der Waals surface area contributed by atoms with Gasteiger partial charge in [0.2, 0.25) is 0 Å². The highest BCUT2D eigenvalue weighted by atomic mass is 16.5. The maximum atomic E-state index is 11.1. The molecule has 3 heteroatoms. The molecule has 3 nitrogen and oxygen atoms in total. The average molecular weight is 312 g/mol. The molecule has 0 saturated heterocycles. The molecular weight excluding hydrogens is 274 g/mol. The van der Waals surface area contributed by atoms with Crippen LogP contribution in [0.1, 0.15) is 78.1 Å². The molecule has 0 spiro atoms. The third-order valence-electron chi connectivity index (χ3n) is 4.09. The first-order chi connectivity index (χ1) is 10.7. The average Bonchev–Trinajstić information content (AvgIpc) is 2.54. The van der Waals surface area contributed by atoms with E-state index in [4.69, 9.17) is 4.74 Å². The second-order valence-electron chi connectivity index (χ2n) is 6.10. The number of hydrogen-bond acceptors (Lipinski definition) is 3. The van der Waals surface area contributed by atoms with Crippen molar-refractivity contribution in [3.05, 3.63) is 12.7 Å². The van der Waals surface area contributed by atoms with Crippen LogP contribution in [0.4, 0.5) is 0 Å². The fourth-order valence-electron chi connectivity index (χ4n) is 2.65. The minimum atomic E-state index is -0.311. The Labute approximate surface area is 137 Å². The molecule has 0 fully saturated rings. The van der Waals surface area contributed by atoms with Crippen molar-refractivity contribution in [2.45, 2.75) is 78.1 Å². The van der Waals surface area contributed by atoms with Crippen molar-refractivity contribution in [3.8, 4) is 0 Å². The summed E-state index contributed by atoms with van der Waals surface area (Å²) in [6, 6.07) is 0. The van der Waals surface area contributed by atoms with Crippen molar-refractivity contribution in [1.82, 2.24) is 5.32 Å². The predicted octanol–water partition coefficient (Wildman–Crippen LogP) is 4.86. The molecule has 22 heavy (non-hydrogen) atoms. The van der Waals surface area contributed by atoms with E-state index in [-0.39, 0.29) is 5.97 Å². The van der Waals surface area contributed by atoms with Gasteiger partial charge in [-0.3, -0.25) is 0 Å². The van der Waals surface area contributed by atoms with Gasteiger partial charge in [-0.05, 0) is 31.8 Å². The van der Waals surface area contributed by atoms with E-state index < -0.39 is 0 Å². The first kappa shape index (κ1) is 21.2. The molecule has 0 heterocycles. The fourth-order valence-corrected chi connectivity index (χ4v) is 2.65. The Morgan fingerprint density at radius 2 is 1.68 bits per heavy atom. The van der Waals surface area contributed by atoms with E-state index in [0.29, 0.717) is 12.5 Å². The van der Waals surface area contributed by atoms with Crippen molar-refractivity contribution in [3.63, 3.8) is 0 Å². The van der Waals surface area contributed by atoms with Crippen molar-refractivity contribution < 1.29 is 9.53 Å². The van der Waals surface area contributed by atoms with Gasteiger partial charge >= 0.3 is 5.97 Å². The van der Waals surface area contributed by atoms with E-state index in [1.54, 1.807) is 0 Å². The first-order valence-electron chi connectivity index (χ1n) is 9.24. The van der Waals surface area contributed by atoms with Crippen LogP contribution in [0.15, 0.2) is 12.7 Å². The number of rotatable bonds is 16. The second kappa shape index (κ2) is 16.5. The van der Waals surface area contributed by atoms with E-state index >= 15 is 0 Å². The first-order valence-corrected chi connectivity index (χ1v) is 9.24. The van der Waals surface area contributed by atoms with Crippen LogP contribution in [0.3, 0.4) is 0 Å². The largest absolute Gasteiger partial charge is 0.463 e. The summed E-state index contributed by atoms with van der Waals surface area (Å²) >= 11 is 0. The van der Waals surface area contributed by atoms with Gasteiger partial charge in [-0.15, -0.1) is 0 Å². The van der Waals surface area contributed by atoms with Crippen molar-refractivity contribution >= 4 is 5.97 Å². The lowest BCUT2D eigenvalue weighted by molar-refractivity contribution is -0.138. The summed E-state index contributed by atoms with van der Waals surface area (Å²) < 4.78 is 5.10. The van der Waals surface area contributed by atoms with Crippen LogP contribution in [-0.4, -0.2) is 25.7 Å². The molecule has 1 atom stereocenters. The van der Waals surface area contributed by atoms with Crippen LogP contribution < -0.4 is 5.32 Å². The summed E-state index contributed by atoms with van der Waals surface area (Å²) in [5.74, 6) is 0.298. The lowest BCUT2D eigenvalue weighted by Crippen LogP contribution is -2.24. The maximum absolute atomic E-state index is 11.1. The zero-order valence-corrected chi connectivity index (χ0v) is 14.9. The number of unbranched alkanes of at least 4 members (excludes halogenated alkanes) is 7. The molecule has 1 unspecified atom stereocenters. The summed E-state index contributed by atoms with van der Waals surface area (Å²) in [5, 5.41) is 3.42. The summed E-state index contributed by atoms with van der Waals surface area (Å²) in [5.41, 5.74) is 0. The zero-order valence-electron chi connectivity index (χ0n) is 14.9. The lowest BCUT2D eigenvalue weighted by atomic mass is 9.97. The van der Waals surface area contributed by atoms with Gasteiger partial charge in [-0.1, -0.05) is 71.8 Å². The van der Waals surface area contributed by atoms with Gasteiger partial charge in [0.1, 0.15) is 0 Å². The summed E-state index contributed by atoms with van der Waals surface area (Å²) in [7, 11) is 0. The number of nitrogens with one attached hydrogen (secondary N) is 1. The topological polar surface area (TPSA) is 38.3 Å². The van der Waals surface area contributed by atoms with E-state index in [1.807, 2.05) is 0 Å². The second-order valence-corrected chi connectivity index (χ2v) is 6.10. The molecule has 0 bridgehead atoms. The Bertz CT molecular complexity index is 266. The third-order valence-corrected chi connectivity index (χ3v) is 4.09. The van der Waals surface area contributed by atoms with E-state index in [2.05, 4.69) is 25.7 Å². The molecule has 0 aliphatic rings. The number of carbonyl (C=O) groups is 1. The van der Waals surface area contributed by atoms with Crippen molar-refractivity contribution in [1.29, 1.82) is 0 Å². The van der Waals surface area contributed by atoms with Gasteiger partial charge in [0.15, 0.2) is 0 Å². The molecule has 0 aromatic carbocycles. The van der Waals surface area contributed by atoms with Crippen molar-refractivity contribution in [2.24, 2.45) is 5.92 Å². The molecule has 0 saturated carbocycles. The van der Waals surface area contributed by atoms with Crippen LogP contribution in [-0.2, 0) is 9.53 Å². The predicted molar refractivity (Wildman–Crippen MR) is 95.0 cm³/mol. The molecule has 1 N–H and O–H groups in total. The van der Waals surface area contributed by atoms with Gasteiger partial charge in [-0.25, -0.2) is 4.79 Å². The Morgan fingerprint density at radius 3 is 2.27 bits per heavy atom.